The lowest BCUT2D eigenvalue weighted by atomic mass is 9.88. The summed E-state index contributed by atoms with van der Waals surface area (Å²) in [5.74, 6) is 0.328. The van der Waals surface area contributed by atoms with E-state index in [1.54, 1.807) is 0 Å². The van der Waals surface area contributed by atoms with Gasteiger partial charge in [-0.25, -0.2) is 0 Å². The quantitative estimate of drug-likeness (QED) is 0.551. The van der Waals surface area contributed by atoms with Crippen LogP contribution in [0.3, 0.4) is 0 Å². The lowest BCUT2D eigenvalue weighted by molar-refractivity contribution is -0.131. The van der Waals surface area contributed by atoms with Gasteiger partial charge in [-0.2, -0.15) is 0 Å². The summed E-state index contributed by atoms with van der Waals surface area (Å²) in [5, 5.41) is 0. The smallest absolute Gasteiger partial charge is 0.223 e. The van der Waals surface area contributed by atoms with Crippen LogP contribution in [0.15, 0.2) is 84.9 Å². The number of benzene rings is 3. The Labute approximate surface area is 192 Å². The summed E-state index contributed by atoms with van der Waals surface area (Å²) in [6.45, 7) is 4.23. The second-order valence-corrected chi connectivity index (χ2v) is 8.85. The molecule has 0 aromatic heterocycles. The van der Waals surface area contributed by atoms with Crippen LogP contribution in [0.2, 0.25) is 0 Å². The van der Waals surface area contributed by atoms with E-state index in [-0.39, 0.29) is 11.8 Å². The highest BCUT2D eigenvalue weighted by atomic mass is 16.2. The van der Waals surface area contributed by atoms with Crippen LogP contribution in [0.25, 0.3) is 0 Å². The van der Waals surface area contributed by atoms with E-state index in [2.05, 4.69) is 96.7 Å². The van der Waals surface area contributed by atoms with Crippen molar-refractivity contribution in [2.75, 3.05) is 45.2 Å². The monoisotopic (exact) mass is 427 g/mol. The van der Waals surface area contributed by atoms with Crippen molar-refractivity contribution in [1.82, 2.24) is 9.80 Å². The molecule has 0 unspecified atom stereocenters. The Balaban J connectivity index is 1.40. The van der Waals surface area contributed by atoms with Crippen molar-refractivity contribution in [3.05, 3.63) is 102 Å². The zero-order valence-corrected chi connectivity index (χ0v) is 19.2. The molecule has 0 spiro atoms. The molecular formula is C28H33N3O. The third-order valence-electron chi connectivity index (χ3n) is 6.19. The highest BCUT2D eigenvalue weighted by molar-refractivity contribution is 5.78. The maximum absolute atomic E-state index is 13.3. The number of nitrogens with zero attached hydrogens (tertiary/aromatic N) is 3. The number of amides is 1. The van der Waals surface area contributed by atoms with Gasteiger partial charge < -0.3 is 14.7 Å². The fourth-order valence-corrected chi connectivity index (χ4v) is 4.53. The lowest BCUT2D eigenvalue weighted by Crippen LogP contribution is -2.49. The molecule has 0 N–H and O–H groups in total. The molecule has 0 saturated carbocycles. The predicted molar refractivity (Wildman–Crippen MR) is 132 cm³/mol. The van der Waals surface area contributed by atoms with E-state index in [1.807, 2.05) is 17.0 Å². The Hall–Kier alpha value is -3.11. The van der Waals surface area contributed by atoms with Crippen molar-refractivity contribution in [3.63, 3.8) is 0 Å². The van der Waals surface area contributed by atoms with E-state index >= 15 is 0 Å². The predicted octanol–water partition coefficient (Wildman–Crippen LogP) is 4.62. The summed E-state index contributed by atoms with van der Waals surface area (Å²) in [4.78, 5) is 19.9. The van der Waals surface area contributed by atoms with Crippen LogP contribution < -0.4 is 4.90 Å². The first-order valence-corrected chi connectivity index (χ1v) is 11.5. The van der Waals surface area contributed by atoms with Gasteiger partial charge in [-0.05, 0) is 42.9 Å². The minimum Gasteiger partial charge on any atom is -0.368 e. The highest BCUT2D eigenvalue weighted by Gasteiger charge is 2.25. The second-order valence-electron chi connectivity index (χ2n) is 8.85. The largest absolute Gasteiger partial charge is 0.368 e. The molecule has 4 heteroatoms. The van der Waals surface area contributed by atoms with Crippen molar-refractivity contribution in [3.8, 4) is 0 Å². The SMILES string of the molecule is CN(C)Cc1cccc(N2CCN(C(=O)CC(c3ccccc3)c3ccccc3)CC2)c1. The summed E-state index contributed by atoms with van der Waals surface area (Å²) in [6.07, 6.45) is 0.506. The van der Waals surface area contributed by atoms with Crippen LogP contribution in [0, 0.1) is 0 Å². The van der Waals surface area contributed by atoms with Crippen molar-refractivity contribution in [1.29, 1.82) is 0 Å². The highest BCUT2D eigenvalue weighted by Crippen LogP contribution is 2.29. The average molecular weight is 428 g/mol. The number of piperazine rings is 1. The Morgan fingerprint density at radius 1 is 0.812 bits per heavy atom. The van der Waals surface area contributed by atoms with Crippen LogP contribution in [0.5, 0.6) is 0 Å². The van der Waals surface area contributed by atoms with E-state index in [0.717, 1.165) is 32.7 Å². The molecule has 166 valence electrons. The molecule has 1 amide bonds. The Bertz CT molecular complexity index is 956. The van der Waals surface area contributed by atoms with Gasteiger partial charge in [0.1, 0.15) is 0 Å². The third kappa shape index (κ3) is 5.57. The Morgan fingerprint density at radius 2 is 1.41 bits per heavy atom. The van der Waals surface area contributed by atoms with Crippen molar-refractivity contribution < 1.29 is 4.79 Å². The van der Waals surface area contributed by atoms with Gasteiger partial charge >= 0.3 is 0 Å². The van der Waals surface area contributed by atoms with Gasteiger partial charge in [-0.1, -0.05) is 72.8 Å². The van der Waals surface area contributed by atoms with Crippen LogP contribution in [-0.4, -0.2) is 56.0 Å². The number of rotatable bonds is 7. The normalized spacial score (nSPS) is 14.2. The van der Waals surface area contributed by atoms with Crippen molar-refractivity contribution in [2.45, 2.75) is 18.9 Å². The van der Waals surface area contributed by atoms with Crippen LogP contribution in [0.4, 0.5) is 5.69 Å². The van der Waals surface area contributed by atoms with E-state index < -0.39 is 0 Å². The van der Waals surface area contributed by atoms with Crippen LogP contribution in [-0.2, 0) is 11.3 Å². The van der Waals surface area contributed by atoms with Gasteiger partial charge in [-0.3, -0.25) is 4.79 Å². The molecular weight excluding hydrogens is 394 g/mol. The van der Waals surface area contributed by atoms with Crippen LogP contribution >= 0.6 is 0 Å². The molecule has 3 aromatic rings. The molecule has 1 fully saturated rings. The molecule has 32 heavy (non-hydrogen) atoms. The summed E-state index contributed by atoms with van der Waals surface area (Å²) >= 11 is 0. The maximum atomic E-state index is 13.3. The van der Waals surface area contributed by atoms with E-state index in [4.69, 9.17) is 0 Å². The second kappa shape index (κ2) is 10.5. The van der Waals surface area contributed by atoms with Gasteiger partial charge in [0.25, 0.3) is 0 Å². The Morgan fingerprint density at radius 3 is 1.97 bits per heavy atom. The number of hydrogen-bond donors (Lipinski definition) is 0. The first-order chi connectivity index (χ1) is 15.6. The first-order valence-electron chi connectivity index (χ1n) is 11.5. The van der Waals surface area contributed by atoms with Crippen molar-refractivity contribution >= 4 is 11.6 Å². The zero-order valence-electron chi connectivity index (χ0n) is 19.2. The number of carbonyl (C=O) groups is 1. The number of hydrogen-bond acceptors (Lipinski definition) is 3. The number of carbonyl (C=O) groups excluding carboxylic acids is 1. The maximum Gasteiger partial charge on any atom is 0.223 e. The lowest BCUT2D eigenvalue weighted by Gasteiger charge is -2.37. The third-order valence-corrected chi connectivity index (χ3v) is 6.19. The average Bonchev–Trinajstić information content (AvgIpc) is 2.83. The molecule has 0 radical (unpaired) electrons. The van der Waals surface area contributed by atoms with Crippen LogP contribution in [0.1, 0.15) is 29.0 Å². The van der Waals surface area contributed by atoms with E-state index in [1.165, 1.54) is 22.4 Å². The molecule has 1 heterocycles. The minimum atomic E-state index is 0.0886. The van der Waals surface area contributed by atoms with Gasteiger partial charge in [0.15, 0.2) is 0 Å². The molecule has 0 aliphatic carbocycles. The zero-order chi connectivity index (χ0) is 22.3. The number of anilines is 1. The summed E-state index contributed by atoms with van der Waals surface area (Å²) in [7, 11) is 4.18. The summed E-state index contributed by atoms with van der Waals surface area (Å²) in [5.41, 5.74) is 4.97. The van der Waals surface area contributed by atoms with Gasteiger partial charge in [0.05, 0.1) is 0 Å². The molecule has 4 nitrogen and oxygen atoms in total. The Kier molecular flexibility index (Phi) is 7.23. The van der Waals surface area contributed by atoms with E-state index in [9.17, 15) is 4.79 Å². The van der Waals surface area contributed by atoms with Gasteiger partial charge in [0, 0.05) is 50.7 Å². The molecule has 1 aliphatic heterocycles. The summed E-state index contributed by atoms with van der Waals surface area (Å²) in [6, 6.07) is 29.6. The topological polar surface area (TPSA) is 26.8 Å². The molecule has 0 atom stereocenters. The van der Waals surface area contributed by atoms with Crippen molar-refractivity contribution in [2.24, 2.45) is 0 Å². The summed E-state index contributed by atoms with van der Waals surface area (Å²) < 4.78 is 0. The molecule has 1 saturated heterocycles. The minimum absolute atomic E-state index is 0.0886. The van der Waals surface area contributed by atoms with Gasteiger partial charge in [0.2, 0.25) is 5.91 Å². The van der Waals surface area contributed by atoms with Gasteiger partial charge in [-0.15, -0.1) is 0 Å². The molecule has 3 aromatic carbocycles. The standard InChI is InChI=1S/C28H33N3O/c1-29(2)22-23-10-9-15-26(20-23)30-16-18-31(19-17-30)28(32)21-27(24-11-5-3-6-12-24)25-13-7-4-8-14-25/h3-15,20,27H,16-19,21-22H2,1-2H3. The first kappa shape index (κ1) is 22.1. The fraction of sp³-hybridized carbons (Fsp3) is 0.321. The molecule has 0 bridgehead atoms. The molecule has 1 aliphatic rings. The van der Waals surface area contributed by atoms with E-state index in [0.29, 0.717) is 6.42 Å². The fourth-order valence-electron chi connectivity index (χ4n) is 4.53. The molecule has 4 rings (SSSR count).